The van der Waals surface area contributed by atoms with Gasteiger partial charge in [0.05, 0.1) is 0 Å². The van der Waals surface area contributed by atoms with E-state index in [4.69, 9.17) is 0 Å². The molecular formula is C22H18Br4. The lowest BCUT2D eigenvalue weighted by Gasteiger charge is -2.25. The van der Waals surface area contributed by atoms with Gasteiger partial charge in [-0.2, -0.15) is 0 Å². The fourth-order valence-electron chi connectivity index (χ4n) is 3.46. The molecule has 0 heterocycles. The molecule has 0 saturated heterocycles. The van der Waals surface area contributed by atoms with Gasteiger partial charge in [-0.3, -0.25) is 0 Å². The summed E-state index contributed by atoms with van der Waals surface area (Å²) in [7, 11) is 0. The van der Waals surface area contributed by atoms with Gasteiger partial charge in [0.1, 0.15) is 0 Å². The number of hydrogen-bond acceptors (Lipinski definition) is 0. The van der Waals surface area contributed by atoms with Gasteiger partial charge in [0.2, 0.25) is 0 Å². The van der Waals surface area contributed by atoms with Crippen LogP contribution in [0.5, 0.6) is 0 Å². The predicted molar refractivity (Wildman–Crippen MR) is 128 cm³/mol. The van der Waals surface area contributed by atoms with E-state index in [1.54, 1.807) is 0 Å². The first kappa shape index (κ1) is 20.3. The zero-order valence-corrected chi connectivity index (χ0v) is 20.5. The summed E-state index contributed by atoms with van der Waals surface area (Å²) < 4.78 is 0. The van der Waals surface area contributed by atoms with Gasteiger partial charge in [0.15, 0.2) is 0 Å². The summed E-state index contributed by atoms with van der Waals surface area (Å²) in [6, 6.07) is 21.4. The largest absolute Gasteiger partial charge is 0.0876 e. The van der Waals surface area contributed by atoms with E-state index < -0.39 is 0 Å². The fraction of sp³-hybridized carbons (Fsp3) is 0.182. The molecule has 0 N–H and O–H groups in total. The van der Waals surface area contributed by atoms with E-state index >= 15 is 0 Å². The van der Waals surface area contributed by atoms with Gasteiger partial charge in [-0.25, -0.2) is 0 Å². The van der Waals surface area contributed by atoms with Crippen LogP contribution in [0.1, 0.15) is 22.3 Å². The number of hydrogen-bond donors (Lipinski definition) is 0. The van der Waals surface area contributed by atoms with E-state index in [1.807, 2.05) is 0 Å². The lowest BCUT2D eigenvalue weighted by Crippen LogP contribution is -2.06. The molecule has 0 aliphatic heterocycles. The third-order valence-electron chi connectivity index (χ3n) is 4.60. The molecule has 0 spiro atoms. The molecule has 26 heavy (non-hydrogen) atoms. The molecule has 0 aromatic heterocycles. The van der Waals surface area contributed by atoms with Gasteiger partial charge in [-0.05, 0) is 44.5 Å². The van der Waals surface area contributed by atoms with Crippen molar-refractivity contribution in [2.45, 2.75) is 21.3 Å². The first-order chi connectivity index (χ1) is 12.8. The van der Waals surface area contributed by atoms with Crippen LogP contribution in [0.15, 0.2) is 60.7 Å². The molecule has 0 bridgehead atoms. The Kier molecular flexibility index (Phi) is 7.56. The van der Waals surface area contributed by atoms with Crippen molar-refractivity contribution in [3.05, 3.63) is 82.9 Å². The van der Waals surface area contributed by atoms with Gasteiger partial charge >= 0.3 is 0 Å². The van der Waals surface area contributed by atoms with E-state index in [1.165, 1.54) is 44.5 Å². The molecule has 0 unspecified atom stereocenters. The maximum Gasteiger partial charge on any atom is 0.0292 e. The Morgan fingerprint density at radius 2 is 0.692 bits per heavy atom. The number of halogens is 4. The summed E-state index contributed by atoms with van der Waals surface area (Å²) in [5.74, 6) is 0. The highest BCUT2D eigenvalue weighted by Crippen LogP contribution is 2.43. The Balaban J connectivity index is 2.45. The van der Waals surface area contributed by atoms with Gasteiger partial charge in [0.25, 0.3) is 0 Å². The molecule has 3 aromatic carbocycles. The fourth-order valence-corrected chi connectivity index (χ4v) is 5.94. The third kappa shape index (κ3) is 3.89. The van der Waals surface area contributed by atoms with E-state index in [0.29, 0.717) is 0 Å². The van der Waals surface area contributed by atoms with Crippen LogP contribution in [0.25, 0.3) is 22.3 Å². The Labute approximate surface area is 188 Å². The minimum atomic E-state index is 0.820. The lowest BCUT2D eigenvalue weighted by molar-refractivity contribution is 1.21. The van der Waals surface area contributed by atoms with E-state index in [0.717, 1.165) is 21.3 Å². The van der Waals surface area contributed by atoms with Crippen molar-refractivity contribution in [3.8, 4) is 22.3 Å². The standard InChI is InChI=1S/C22H18Br4/c23-11-17-19(13-25)22(16-9-5-2-6-10-16)20(14-26)18(12-24)21(17)15-7-3-1-4-8-15/h1-10H,11-14H2. The third-order valence-corrected chi connectivity index (χ3v) is 6.84. The first-order valence-electron chi connectivity index (χ1n) is 8.30. The normalized spacial score (nSPS) is 10.9. The van der Waals surface area contributed by atoms with Crippen LogP contribution in [-0.2, 0) is 21.3 Å². The minimum Gasteiger partial charge on any atom is -0.0876 e. The molecular weight excluding hydrogens is 584 g/mol. The lowest BCUT2D eigenvalue weighted by atomic mass is 9.83. The van der Waals surface area contributed by atoms with E-state index in [2.05, 4.69) is 124 Å². The Hall–Kier alpha value is -0.420. The monoisotopic (exact) mass is 598 g/mol. The van der Waals surface area contributed by atoms with Crippen molar-refractivity contribution in [3.63, 3.8) is 0 Å². The number of rotatable bonds is 6. The summed E-state index contributed by atoms with van der Waals surface area (Å²) in [6.07, 6.45) is 0. The van der Waals surface area contributed by atoms with E-state index in [9.17, 15) is 0 Å². The molecule has 0 saturated carbocycles. The van der Waals surface area contributed by atoms with Crippen LogP contribution in [0.2, 0.25) is 0 Å². The summed E-state index contributed by atoms with van der Waals surface area (Å²) in [5, 5.41) is 3.28. The van der Waals surface area contributed by atoms with Crippen molar-refractivity contribution in [2.75, 3.05) is 0 Å². The molecule has 3 aromatic rings. The maximum atomic E-state index is 3.77. The van der Waals surface area contributed by atoms with Gasteiger partial charge in [-0.15, -0.1) is 0 Å². The van der Waals surface area contributed by atoms with Gasteiger partial charge in [0, 0.05) is 21.3 Å². The van der Waals surface area contributed by atoms with Crippen LogP contribution in [0.4, 0.5) is 0 Å². The first-order valence-corrected chi connectivity index (χ1v) is 12.8. The highest BCUT2D eigenvalue weighted by atomic mass is 79.9. The second-order valence-corrected chi connectivity index (χ2v) is 8.17. The molecule has 0 atom stereocenters. The summed E-state index contributed by atoms with van der Waals surface area (Å²) in [4.78, 5) is 0. The topological polar surface area (TPSA) is 0 Å². The molecule has 3 rings (SSSR count). The maximum absolute atomic E-state index is 3.77. The molecule has 0 fully saturated rings. The predicted octanol–water partition coefficient (Wildman–Crippen LogP) is 8.60. The van der Waals surface area contributed by atoms with Crippen LogP contribution < -0.4 is 0 Å². The molecule has 0 amide bonds. The summed E-state index contributed by atoms with van der Waals surface area (Å²) in [6.45, 7) is 0. The van der Waals surface area contributed by atoms with Crippen LogP contribution in [0.3, 0.4) is 0 Å². The quantitative estimate of drug-likeness (QED) is 0.248. The number of benzene rings is 3. The van der Waals surface area contributed by atoms with Crippen LogP contribution in [0, 0.1) is 0 Å². The SMILES string of the molecule is BrCc1c(CBr)c(-c2ccccc2)c(CBr)c(CBr)c1-c1ccccc1. The Morgan fingerprint density at radius 3 is 0.923 bits per heavy atom. The zero-order chi connectivity index (χ0) is 18.5. The zero-order valence-electron chi connectivity index (χ0n) is 14.1. The summed E-state index contributed by atoms with van der Waals surface area (Å²) in [5.41, 5.74) is 10.6. The molecule has 0 aliphatic rings. The van der Waals surface area contributed by atoms with Crippen molar-refractivity contribution in [1.82, 2.24) is 0 Å². The van der Waals surface area contributed by atoms with Crippen LogP contribution in [-0.4, -0.2) is 0 Å². The molecule has 0 radical (unpaired) electrons. The van der Waals surface area contributed by atoms with Gasteiger partial charge < -0.3 is 0 Å². The second kappa shape index (κ2) is 9.68. The average molecular weight is 602 g/mol. The summed E-state index contributed by atoms with van der Waals surface area (Å²) >= 11 is 15.1. The minimum absolute atomic E-state index is 0.820. The van der Waals surface area contributed by atoms with Crippen LogP contribution >= 0.6 is 63.7 Å². The highest BCUT2D eigenvalue weighted by Gasteiger charge is 2.23. The molecule has 134 valence electrons. The van der Waals surface area contributed by atoms with E-state index in [-0.39, 0.29) is 0 Å². The van der Waals surface area contributed by atoms with Crippen molar-refractivity contribution in [2.24, 2.45) is 0 Å². The Morgan fingerprint density at radius 1 is 0.423 bits per heavy atom. The van der Waals surface area contributed by atoms with Crippen molar-refractivity contribution in [1.29, 1.82) is 0 Å². The Bertz CT molecular complexity index is 766. The van der Waals surface area contributed by atoms with Crippen molar-refractivity contribution < 1.29 is 0 Å². The highest BCUT2D eigenvalue weighted by molar-refractivity contribution is 9.09. The van der Waals surface area contributed by atoms with Crippen molar-refractivity contribution >= 4 is 63.7 Å². The van der Waals surface area contributed by atoms with Gasteiger partial charge in [-0.1, -0.05) is 124 Å². The second-order valence-electron chi connectivity index (χ2n) is 5.93. The smallest absolute Gasteiger partial charge is 0.0292 e. The molecule has 0 nitrogen and oxygen atoms in total. The number of alkyl halides is 4. The average Bonchev–Trinajstić information content (AvgIpc) is 2.72. The molecule has 4 heteroatoms. The molecule has 0 aliphatic carbocycles.